The molecule has 0 aromatic carbocycles. The molecular weight excluding hydrogens is 200 g/mol. The van der Waals surface area contributed by atoms with Gasteiger partial charge in [-0.15, -0.1) is 0 Å². The van der Waals surface area contributed by atoms with Crippen LogP contribution >= 0.6 is 0 Å². The van der Waals surface area contributed by atoms with Crippen molar-refractivity contribution < 1.29 is 18.8 Å². The van der Waals surface area contributed by atoms with E-state index in [1.54, 1.807) is 0 Å². The molecule has 0 aliphatic heterocycles. The number of hydrogen-bond donors (Lipinski definition) is 0. The predicted octanol–water partition coefficient (Wildman–Crippen LogP) is 1.43. The van der Waals surface area contributed by atoms with Crippen LogP contribution in [0.2, 0.25) is 6.55 Å². The van der Waals surface area contributed by atoms with Crippen molar-refractivity contribution in [2.24, 2.45) is 0 Å². The first-order valence-electron chi connectivity index (χ1n) is 4.55. The molecule has 83 valence electrons. The highest BCUT2D eigenvalue weighted by Gasteiger charge is 1.99. The van der Waals surface area contributed by atoms with E-state index < -0.39 is 15.3 Å². The Kier molecular flexibility index (Phi) is 11.8. The topological polar surface area (TPSA) is 55.4 Å². The van der Waals surface area contributed by atoms with Crippen LogP contribution in [0.4, 0.5) is 0 Å². The zero-order valence-electron chi connectivity index (χ0n) is 9.33. The molecule has 0 heterocycles. The van der Waals surface area contributed by atoms with Gasteiger partial charge in [-0.2, -0.15) is 0 Å². The first kappa shape index (κ1) is 15.8. The fourth-order valence-electron chi connectivity index (χ4n) is 0.518. The lowest BCUT2D eigenvalue weighted by atomic mass is 10.4. The fraction of sp³-hybridized carbons (Fsp3) is 0.667. The van der Waals surface area contributed by atoms with Crippen molar-refractivity contribution in [2.75, 3.05) is 13.2 Å². The van der Waals surface area contributed by atoms with Crippen molar-refractivity contribution in [3.8, 4) is 0 Å². The van der Waals surface area contributed by atoms with Crippen molar-refractivity contribution in [1.82, 2.24) is 0 Å². The summed E-state index contributed by atoms with van der Waals surface area (Å²) >= 11 is 0. The molecule has 0 aliphatic rings. The predicted molar refractivity (Wildman–Crippen MR) is 56.8 cm³/mol. The van der Waals surface area contributed by atoms with Crippen molar-refractivity contribution in [1.29, 1.82) is 0 Å². The highest BCUT2D eigenvalue weighted by atomic mass is 28.3. The molecule has 14 heavy (non-hydrogen) atoms. The summed E-state index contributed by atoms with van der Waals surface area (Å²) < 4.78 is 10.4. The van der Waals surface area contributed by atoms with E-state index in [0.29, 0.717) is 0 Å². The van der Waals surface area contributed by atoms with Crippen LogP contribution in [0.5, 0.6) is 0 Å². The van der Waals surface area contributed by atoms with Gasteiger partial charge in [-0.3, -0.25) is 0 Å². The Bertz CT molecular complexity index is 152. The van der Waals surface area contributed by atoms with Gasteiger partial charge in [0.15, 0.2) is 0 Å². The minimum absolute atomic E-state index is 0.0648. The van der Waals surface area contributed by atoms with Crippen LogP contribution < -0.4 is 0 Å². The van der Waals surface area contributed by atoms with Gasteiger partial charge in [0.2, 0.25) is 0 Å². The van der Waals surface area contributed by atoms with Crippen LogP contribution in [0.25, 0.3) is 0 Å². The second-order valence-electron chi connectivity index (χ2n) is 2.55. The van der Waals surface area contributed by atoms with E-state index in [4.69, 9.17) is 8.85 Å². The normalized spacial score (nSPS) is 9.21. The molecule has 0 N–H and O–H groups in total. The smallest absolute Gasteiger partial charge is 0.381 e. The number of hydrogen-bond acceptors (Lipinski definition) is 3. The molecule has 0 unspecified atom stereocenters. The van der Waals surface area contributed by atoms with Crippen LogP contribution in [0, 0.1) is 0 Å². The molecule has 0 atom stereocenters. The van der Waals surface area contributed by atoms with Gasteiger partial charge in [-0.25, -0.2) is 9.90 Å². The standard InChI is InChI=1S/C5H14O2Si.C4H5O2/c1-4-6-8(3)7-5-2;1-3(2)4(5)6/h8H,4-5H2,1-3H3;1H2,2H3. The lowest BCUT2D eigenvalue weighted by Gasteiger charge is -2.07. The summed E-state index contributed by atoms with van der Waals surface area (Å²) in [5.74, 6) is -1.19. The van der Waals surface area contributed by atoms with Gasteiger partial charge in [0.05, 0.1) is 0 Å². The van der Waals surface area contributed by atoms with E-state index in [1.807, 2.05) is 20.4 Å². The van der Waals surface area contributed by atoms with E-state index >= 15 is 0 Å². The third kappa shape index (κ3) is 13.9. The number of rotatable bonds is 5. The summed E-state index contributed by atoms with van der Waals surface area (Å²) in [5.41, 5.74) is 0.0648. The van der Waals surface area contributed by atoms with Gasteiger partial charge in [0.25, 0.3) is 0 Å². The van der Waals surface area contributed by atoms with E-state index in [2.05, 4.69) is 6.58 Å². The Labute approximate surface area is 87.4 Å². The van der Waals surface area contributed by atoms with Crippen LogP contribution in [0.15, 0.2) is 12.2 Å². The maximum absolute atomic E-state index is 9.49. The molecule has 0 spiro atoms. The number of carbonyl (C=O) groups is 1. The van der Waals surface area contributed by atoms with Gasteiger partial charge >= 0.3 is 15.3 Å². The average molecular weight is 219 g/mol. The molecule has 4 nitrogen and oxygen atoms in total. The minimum Gasteiger partial charge on any atom is -0.397 e. The van der Waals surface area contributed by atoms with Crippen LogP contribution in [0.1, 0.15) is 20.8 Å². The highest BCUT2D eigenvalue weighted by molar-refractivity contribution is 6.42. The minimum atomic E-state index is -1.20. The molecule has 1 radical (unpaired) electrons. The van der Waals surface area contributed by atoms with Crippen LogP contribution in [0.3, 0.4) is 0 Å². The van der Waals surface area contributed by atoms with E-state index in [1.165, 1.54) is 6.92 Å². The molecule has 0 bridgehead atoms. The van der Waals surface area contributed by atoms with E-state index in [0.717, 1.165) is 13.2 Å². The summed E-state index contributed by atoms with van der Waals surface area (Å²) in [7, 11) is -1.20. The van der Waals surface area contributed by atoms with Gasteiger partial charge in [0, 0.05) is 18.8 Å². The monoisotopic (exact) mass is 219 g/mol. The Hall–Kier alpha value is -0.653. The zero-order valence-corrected chi connectivity index (χ0v) is 10.5. The van der Waals surface area contributed by atoms with Crippen LogP contribution in [-0.4, -0.2) is 28.5 Å². The Morgan fingerprint density at radius 1 is 1.29 bits per heavy atom. The van der Waals surface area contributed by atoms with E-state index in [-0.39, 0.29) is 5.57 Å². The molecule has 0 aromatic heterocycles. The molecule has 5 heteroatoms. The molecule has 0 rings (SSSR count). The average Bonchev–Trinajstić information content (AvgIpc) is 2.06. The van der Waals surface area contributed by atoms with Crippen molar-refractivity contribution in [3.05, 3.63) is 12.2 Å². The second-order valence-corrected chi connectivity index (χ2v) is 4.35. The Morgan fingerprint density at radius 2 is 1.57 bits per heavy atom. The van der Waals surface area contributed by atoms with Gasteiger partial charge in [-0.1, -0.05) is 6.58 Å². The molecule has 0 amide bonds. The molecular formula is C9H19O4Si. The zero-order chi connectivity index (χ0) is 11.6. The molecule has 0 saturated carbocycles. The Morgan fingerprint density at radius 3 is 1.71 bits per heavy atom. The highest BCUT2D eigenvalue weighted by Crippen LogP contribution is 1.85. The molecule has 0 aromatic rings. The van der Waals surface area contributed by atoms with Gasteiger partial charge in [0.1, 0.15) is 0 Å². The first-order valence-corrected chi connectivity index (χ1v) is 6.65. The summed E-state index contributed by atoms with van der Waals surface area (Å²) in [6.45, 7) is 12.1. The second kappa shape index (κ2) is 10.4. The largest absolute Gasteiger partial charge is 0.397 e. The summed E-state index contributed by atoms with van der Waals surface area (Å²) in [6, 6.07) is 0. The third-order valence-corrected chi connectivity index (χ3v) is 2.76. The first-order chi connectivity index (χ1) is 6.45. The van der Waals surface area contributed by atoms with Gasteiger partial charge in [-0.05, 0) is 27.3 Å². The van der Waals surface area contributed by atoms with Crippen molar-refractivity contribution in [3.63, 3.8) is 0 Å². The third-order valence-electron chi connectivity index (χ3n) is 1.15. The SMILES string of the molecule is C=C(C)C([O])=O.CCO[SiH](C)OCC. The Balaban J connectivity index is 0. The maximum atomic E-state index is 9.49. The quantitative estimate of drug-likeness (QED) is 0.519. The number of carbonyl (C=O) groups excluding carboxylic acids is 1. The lowest BCUT2D eigenvalue weighted by molar-refractivity contribution is -0.138. The maximum Gasteiger partial charge on any atom is 0.381 e. The van der Waals surface area contributed by atoms with Crippen molar-refractivity contribution >= 4 is 15.3 Å². The van der Waals surface area contributed by atoms with Crippen LogP contribution in [-0.2, 0) is 18.8 Å². The summed E-state index contributed by atoms with van der Waals surface area (Å²) in [4.78, 5) is 9.49. The van der Waals surface area contributed by atoms with E-state index in [9.17, 15) is 9.90 Å². The molecule has 0 aliphatic carbocycles. The van der Waals surface area contributed by atoms with Crippen molar-refractivity contribution in [2.45, 2.75) is 27.3 Å². The lowest BCUT2D eigenvalue weighted by Crippen LogP contribution is -2.17. The molecule has 0 fully saturated rings. The van der Waals surface area contributed by atoms with Gasteiger partial charge < -0.3 is 8.85 Å². The molecule has 0 saturated heterocycles. The summed E-state index contributed by atoms with van der Waals surface area (Å²) in [5, 5.41) is 9.49. The fourth-order valence-corrected chi connectivity index (χ4v) is 1.55. The summed E-state index contributed by atoms with van der Waals surface area (Å²) in [6.07, 6.45) is 0.